The van der Waals surface area contributed by atoms with Gasteiger partial charge in [-0.2, -0.15) is 0 Å². The number of fused-ring (bicyclic) bond motifs is 1. The van der Waals surface area contributed by atoms with E-state index in [9.17, 15) is 0 Å². The second kappa shape index (κ2) is 6.59. The molecule has 1 saturated carbocycles. The lowest BCUT2D eigenvalue weighted by Gasteiger charge is -2.21. The quantitative estimate of drug-likeness (QED) is 0.582. The number of hydrogen-bond donors (Lipinski definition) is 0. The summed E-state index contributed by atoms with van der Waals surface area (Å²) in [6.45, 7) is 7.16. The van der Waals surface area contributed by atoms with Crippen LogP contribution in [0.4, 0.5) is 0 Å². The average molecular weight is 246 g/mol. The minimum atomic E-state index is 0.827. The van der Waals surface area contributed by atoms with Crippen molar-refractivity contribution < 1.29 is 0 Å². The van der Waals surface area contributed by atoms with Gasteiger partial charge in [-0.1, -0.05) is 39.3 Å². The smallest absolute Gasteiger partial charge is 0.0222 e. The Bertz CT molecular complexity index is 319. The highest BCUT2D eigenvalue weighted by molar-refractivity contribution is 5.33. The molecular formula is C18H30. The highest BCUT2D eigenvalue weighted by atomic mass is 14.2. The number of hydrogen-bond acceptors (Lipinski definition) is 0. The number of allylic oxidation sites excluding steroid dienone is 4. The molecule has 0 saturated heterocycles. The predicted octanol–water partition coefficient (Wildman–Crippen LogP) is 5.90. The average Bonchev–Trinajstić information content (AvgIpc) is 2.63. The van der Waals surface area contributed by atoms with Gasteiger partial charge in [0.05, 0.1) is 0 Å². The highest BCUT2D eigenvalue weighted by Gasteiger charge is 2.19. The second-order valence-electron chi connectivity index (χ2n) is 6.78. The summed E-state index contributed by atoms with van der Waals surface area (Å²) >= 11 is 0. The molecule has 0 amide bonds. The van der Waals surface area contributed by atoms with Crippen LogP contribution in [-0.4, -0.2) is 0 Å². The molecule has 0 radical (unpaired) electrons. The van der Waals surface area contributed by atoms with Crippen molar-refractivity contribution in [3.05, 3.63) is 23.3 Å². The van der Waals surface area contributed by atoms with E-state index in [1.54, 1.807) is 11.1 Å². The van der Waals surface area contributed by atoms with Gasteiger partial charge in [-0.15, -0.1) is 0 Å². The Labute approximate surface area is 114 Å². The van der Waals surface area contributed by atoms with Crippen molar-refractivity contribution in [3.8, 4) is 0 Å². The van der Waals surface area contributed by atoms with Gasteiger partial charge in [-0.25, -0.2) is 0 Å². The van der Waals surface area contributed by atoms with Crippen LogP contribution in [0.1, 0.15) is 72.1 Å². The second-order valence-corrected chi connectivity index (χ2v) is 6.78. The van der Waals surface area contributed by atoms with Crippen molar-refractivity contribution in [2.45, 2.75) is 72.1 Å². The summed E-state index contributed by atoms with van der Waals surface area (Å²) in [5.74, 6) is 2.52. The summed E-state index contributed by atoms with van der Waals surface area (Å²) in [5.41, 5.74) is 3.41. The molecule has 0 spiro atoms. The fourth-order valence-corrected chi connectivity index (χ4v) is 3.33. The van der Waals surface area contributed by atoms with Gasteiger partial charge in [0.25, 0.3) is 0 Å². The summed E-state index contributed by atoms with van der Waals surface area (Å²) in [6.07, 6.45) is 16.2. The molecule has 1 fully saturated rings. The van der Waals surface area contributed by atoms with Gasteiger partial charge in [0.2, 0.25) is 0 Å². The highest BCUT2D eigenvalue weighted by Crippen LogP contribution is 2.35. The molecular weight excluding hydrogens is 216 g/mol. The monoisotopic (exact) mass is 246 g/mol. The molecule has 0 aromatic heterocycles. The fraction of sp³-hybridized carbons (Fsp3) is 0.778. The molecule has 102 valence electrons. The third-order valence-electron chi connectivity index (χ3n) is 4.98. The maximum Gasteiger partial charge on any atom is -0.0222 e. The molecule has 18 heavy (non-hydrogen) atoms. The summed E-state index contributed by atoms with van der Waals surface area (Å²) < 4.78 is 0. The molecule has 2 aliphatic rings. The Balaban J connectivity index is 2.04. The summed E-state index contributed by atoms with van der Waals surface area (Å²) in [4.78, 5) is 0. The van der Waals surface area contributed by atoms with E-state index in [4.69, 9.17) is 0 Å². The van der Waals surface area contributed by atoms with Crippen LogP contribution < -0.4 is 0 Å². The first-order valence-corrected chi connectivity index (χ1v) is 8.07. The molecule has 2 rings (SSSR count). The molecule has 2 unspecified atom stereocenters. The van der Waals surface area contributed by atoms with Crippen LogP contribution in [0.2, 0.25) is 0 Å². The minimum Gasteiger partial charge on any atom is -0.0810 e. The topological polar surface area (TPSA) is 0 Å². The first kappa shape index (κ1) is 13.9. The Morgan fingerprint density at radius 1 is 1.06 bits per heavy atom. The largest absolute Gasteiger partial charge is 0.0810 e. The van der Waals surface area contributed by atoms with Crippen LogP contribution in [0.5, 0.6) is 0 Å². The molecule has 0 aromatic rings. The van der Waals surface area contributed by atoms with Gasteiger partial charge in [0.1, 0.15) is 0 Å². The van der Waals surface area contributed by atoms with Crippen LogP contribution in [0.3, 0.4) is 0 Å². The lowest BCUT2D eigenvalue weighted by atomic mass is 9.85. The van der Waals surface area contributed by atoms with Gasteiger partial charge in [0, 0.05) is 0 Å². The number of rotatable bonds is 3. The molecule has 2 atom stereocenters. The first-order valence-electron chi connectivity index (χ1n) is 8.07. The van der Waals surface area contributed by atoms with Crippen molar-refractivity contribution >= 4 is 0 Å². The van der Waals surface area contributed by atoms with Crippen molar-refractivity contribution in [1.82, 2.24) is 0 Å². The zero-order valence-electron chi connectivity index (χ0n) is 12.5. The molecule has 0 nitrogen and oxygen atoms in total. The standard InChI is InChI=1S/C18H30/c1-14(2)15(3)12-16-8-7-11-17-9-5-4-6-10-18(17)13-16/h11,13-16H,4-10,12H2,1-3H3. The van der Waals surface area contributed by atoms with Gasteiger partial charge in [-0.05, 0) is 73.8 Å². The Morgan fingerprint density at radius 3 is 2.50 bits per heavy atom. The van der Waals surface area contributed by atoms with Crippen molar-refractivity contribution in [2.75, 3.05) is 0 Å². The van der Waals surface area contributed by atoms with Crippen molar-refractivity contribution in [3.63, 3.8) is 0 Å². The van der Waals surface area contributed by atoms with E-state index in [0.29, 0.717) is 0 Å². The molecule has 0 aromatic carbocycles. The van der Waals surface area contributed by atoms with Crippen LogP contribution in [0.25, 0.3) is 0 Å². The molecule has 0 heteroatoms. The first-order chi connectivity index (χ1) is 8.66. The predicted molar refractivity (Wildman–Crippen MR) is 80.6 cm³/mol. The minimum absolute atomic E-state index is 0.827. The molecule has 0 N–H and O–H groups in total. The van der Waals surface area contributed by atoms with Crippen LogP contribution in [-0.2, 0) is 0 Å². The summed E-state index contributed by atoms with van der Waals surface area (Å²) in [6, 6.07) is 0. The van der Waals surface area contributed by atoms with E-state index in [2.05, 4.69) is 32.9 Å². The van der Waals surface area contributed by atoms with E-state index in [1.165, 1.54) is 51.4 Å². The zero-order valence-corrected chi connectivity index (χ0v) is 12.5. The van der Waals surface area contributed by atoms with Gasteiger partial charge < -0.3 is 0 Å². The van der Waals surface area contributed by atoms with Crippen LogP contribution >= 0.6 is 0 Å². The van der Waals surface area contributed by atoms with Crippen LogP contribution in [0.15, 0.2) is 23.3 Å². The lowest BCUT2D eigenvalue weighted by molar-refractivity contribution is 0.340. The molecule has 0 heterocycles. The van der Waals surface area contributed by atoms with Crippen molar-refractivity contribution in [2.24, 2.45) is 17.8 Å². The van der Waals surface area contributed by atoms with Gasteiger partial charge in [0.15, 0.2) is 0 Å². The SMILES string of the molecule is CC(C)C(C)CC1C=C2CCCCCC2=CCC1. The normalized spacial score (nSPS) is 26.8. The van der Waals surface area contributed by atoms with Gasteiger partial charge >= 0.3 is 0 Å². The fourth-order valence-electron chi connectivity index (χ4n) is 3.33. The van der Waals surface area contributed by atoms with E-state index in [1.807, 2.05) is 0 Å². The maximum absolute atomic E-state index is 2.66. The summed E-state index contributed by atoms with van der Waals surface area (Å²) in [7, 11) is 0. The third kappa shape index (κ3) is 3.73. The van der Waals surface area contributed by atoms with Crippen LogP contribution in [0, 0.1) is 17.8 Å². The van der Waals surface area contributed by atoms with Gasteiger partial charge in [-0.3, -0.25) is 0 Å². The zero-order chi connectivity index (χ0) is 13.0. The molecule has 0 aliphatic heterocycles. The molecule has 2 aliphatic carbocycles. The van der Waals surface area contributed by atoms with E-state index in [-0.39, 0.29) is 0 Å². The lowest BCUT2D eigenvalue weighted by Crippen LogP contribution is -2.10. The molecule has 0 bridgehead atoms. The third-order valence-corrected chi connectivity index (χ3v) is 4.98. The van der Waals surface area contributed by atoms with E-state index < -0.39 is 0 Å². The maximum atomic E-state index is 2.66. The Hall–Kier alpha value is -0.520. The van der Waals surface area contributed by atoms with Crippen molar-refractivity contribution in [1.29, 1.82) is 0 Å². The Kier molecular flexibility index (Phi) is 5.09. The van der Waals surface area contributed by atoms with E-state index >= 15 is 0 Å². The summed E-state index contributed by atoms with van der Waals surface area (Å²) in [5, 5.41) is 0. The Morgan fingerprint density at radius 2 is 1.78 bits per heavy atom. The van der Waals surface area contributed by atoms with E-state index in [0.717, 1.165) is 17.8 Å².